The van der Waals surface area contributed by atoms with E-state index in [9.17, 15) is 4.79 Å². The highest BCUT2D eigenvalue weighted by Gasteiger charge is 2.51. The molecule has 0 saturated heterocycles. The second-order valence-corrected chi connectivity index (χ2v) is 8.00. The second kappa shape index (κ2) is 6.36. The van der Waals surface area contributed by atoms with Crippen molar-refractivity contribution in [2.75, 3.05) is 25.6 Å². The Morgan fingerprint density at radius 1 is 1.21 bits per heavy atom. The van der Waals surface area contributed by atoms with Crippen LogP contribution >= 0.6 is 0 Å². The molecule has 0 aliphatic heterocycles. The van der Waals surface area contributed by atoms with Crippen LogP contribution in [0.1, 0.15) is 48.9 Å². The number of nitrogens with one attached hydrogen (secondary N) is 2. The molecule has 4 bridgehead atoms. The number of ether oxygens (including phenoxy) is 1. The van der Waals surface area contributed by atoms with Crippen LogP contribution < -0.4 is 10.6 Å². The smallest absolute Gasteiger partial charge is 0.253 e. The summed E-state index contributed by atoms with van der Waals surface area (Å²) in [7, 11) is 1.67. The van der Waals surface area contributed by atoms with E-state index in [1.807, 2.05) is 12.1 Å². The third-order valence-electron chi connectivity index (χ3n) is 6.05. The summed E-state index contributed by atoms with van der Waals surface area (Å²) < 4.78 is 5.01. The van der Waals surface area contributed by atoms with E-state index in [4.69, 9.17) is 4.74 Å². The van der Waals surface area contributed by atoms with E-state index in [0.717, 1.165) is 23.6 Å². The van der Waals surface area contributed by atoms with E-state index in [0.29, 0.717) is 18.7 Å². The predicted octanol–water partition coefficient (Wildman–Crippen LogP) is 2.84. The number of aromatic nitrogens is 1. The van der Waals surface area contributed by atoms with Crippen molar-refractivity contribution in [3.05, 3.63) is 23.9 Å². The quantitative estimate of drug-likeness (QED) is 0.788. The number of carbonyl (C=O) groups excluding carboxylic acids is 1. The third kappa shape index (κ3) is 3.14. The van der Waals surface area contributed by atoms with Crippen LogP contribution in [0.3, 0.4) is 0 Å². The molecule has 5 heteroatoms. The average molecular weight is 329 g/mol. The zero-order valence-electron chi connectivity index (χ0n) is 14.4. The number of amides is 1. The summed E-state index contributed by atoms with van der Waals surface area (Å²) in [6.45, 7) is 1.35. The molecule has 24 heavy (non-hydrogen) atoms. The number of carbonyl (C=O) groups is 1. The van der Waals surface area contributed by atoms with Crippen LogP contribution in [0.2, 0.25) is 0 Å². The topological polar surface area (TPSA) is 63.2 Å². The Labute approximate surface area is 143 Å². The number of methoxy groups -OCH3 is 1. The largest absolute Gasteiger partial charge is 0.383 e. The molecule has 0 spiro atoms. The molecule has 130 valence electrons. The Hall–Kier alpha value is -1.62. The van der Waals surface area contributed by atoms with Crippen LogP contribution in [0.4, 0.5) is 5.82 Å². The second-order valence-electron chi connectivity index (χ2n) is 8.00. The van der Waals surface area contributed by atoms with Crippen molar-refractivity contribution in [2.24, 2.45) is 17.8 Å². The van der Waals surface area contributed by atoms with E-state index >= 15 is 0 Å². The molecule has 5 nitrogen and oxygen atoms in total. The highest BCUT2D eigenvalue weighted by molar-refractivity contribution is 5.94. The zero-order valence-corrected chi connectivity index (χ0v) is 14.4. The van der Waals surface area contributed by atoms with Gasteiger partial charge in [0.15, 0.2) is 0 Å². The molecule has 2 N–H and O–H groups in total. The van der Waals surface area contributed by atoms with Gasteiger partial charge in [0, 0.05) is 25.4 Å². The summed E-state index contributed by atoms with van der Waals surface area (Å²) in [5.41, 5.74) is 0.712. The lowest BCUT2D eigenvalue weighted by Gasteiger charge is -2.56. The standard InChI is InChI=1S/C19H27N3O2/c1-24-5-4-20-17-3-2-16(12-21-17)18(23)22-19-9-13-6-14(10-19)8-15(7-13)11-19/h2-3,12-15H,4-11H2,1H3,(H,20,21)(H,22,23). The van der Waals surface area contributed by atoms with E-state index < -0.39 is 0 Å². The van der Waals surface area contributed by atoms with Crippen molar-refractivity contribution in [3.8, 4) is 0 Å². The van der Waals surface area contributed by atoms with Crippen LogP contribution in [0, 0.1) is 17.8 Å². The van der Waals surface area contributed by atoms with Gasteiger partial charge >= 0.3 is 0 Å². The van der Waals surface area contributed by atoms with Gasteiger partial charge in [-0.05, 0) is 68.4 Å². The molecule has 1 heterocycles. The number of anilines is 1. The highest BCUT2D eigenvalue weighted by Crippen LogP contribution is 2.55. The molecule has 0 unspecified atom stereocenters. The molecule has 4 saturated carbocycles. The Bertz CT molecular complexity index is 564. The number of pyridine rings is 1. The molecule has 0 aromatic carbocycles. The summed E-state index contributed by atoms with van der Waals surface area (Å²) in [4.78, 5) is 17.0. The van der Waals surface area contributed by atoms with Crippen LogP contribution in [-0.2, 0) is 4.74 Å². The lowest BCUT2D eigenvalue weighted by molar-refractivity contribution is -0.0167. The van der Waals surface area contributed by atoms with Crippen LogP contribution in [0.25, 0.3) is 0 Å². The van der Waals surface area contributed by atoms with Crippen molar-refractivity contribution in [3.63, 3.8) is 0 Å². The fourth-order valence-electron chi connectivity index (χ4n) is 5.49. The highest BCUT2D eigenvalue weighted by atomic mass is 16.5. The van der Waals surface area contributed by atoms with Gasteiger partial charge < -0.3 is 15.4 Å². The number of hydrogen-bond donors (Lipinski definition) is 2. The molecule has 4 fully saturated rings. The van der Waals surface area contributed by atoms with Crippen LogP contribution in [0.5, 0.6) is 0 Å². The van der Waals surface area contributed by atoms with Gasteiger partial charge in [0.1, 0.15) is 5.82 Å². The lowest BCUT2D eigenvalue weighted by atomic mass is 9.53. The van der Waals surface area contributed by atoms with Crippen molar-refractivity contribution in [1.29, 1.82) is 0 Å². The lowest BCUT2D eigenvalue weighted by Crippen LogP contribution is -2.59. The molecule has 0 atom stereocenters. The summed E-state index contributed by atoms with van der Waals surface area (Å²) in [6, 6.07) is 3.72. The molecule has 4 aliphatic rings. The van der Waals surface area contributed by atoms with Gasteiger partial charge in [0.2, 0.25) is 0 Å². The summed E-state index contributed by atoms with van der Waals surface area (Å²) >= 11 is 0. The molecule has 1 aromatic rings. The Morgan fingerprint density at radius 3 is 2.42 bits per heavy atom. The van der Waals surface area contributed by atoms with Gasteiger partial charge in [0.05, 0.1) is 12.2 Å². The number of hydrogen-bond acceptors (Lipinski definition) is 4. The average Bonchev–Trinajstić information content (AvgIpc) is 2.54. The minimum Gasteiger partial charge on any atom is -0.383 e. The first-order chi connectivity index (χ1) is 11.7. The van der Waals surface area contributed by atoms with Crippen molar-refractivity contribution < 1.29 is 9.53 Å². The summed E-state index contributed by atoms with van der Waals surface area (Å²) in [6.07, 6.45) is 9.36. The van der Waals surface area contributed by atoms with E-state index in [1.54, 1.807) is 13.3 Å². The maximum absolute atomic E-state index is 12.7. The fraction of sp³-hybridized carbons (Fsp3) is 0.684. The van der Waals surface area contributed by atoms with Gasteiger partial charge in [0.25, 0.3) is 5.91 Å². The van der Waals surface area contributed by atoms with Crippen LogP contribution in [-0.4, -0.2) is 36.7 Å². The van der Waals surface area contributed by atoms with Crippen molar-refractivity contribution in [2.45, 2.75) is 44.1 Å². The maximum atomic E-state index is 12.7. The number of nitrogens with zero attached hydrogens (tertiary/aromatic N) is 1. The minimum atomic E-state index is 0.0351. The Morgan fingerprint density at radius 2 is 1.88 bits per heavy atom. The van der Waals surface area contributed by atoms with Gasteiger partial charge in [-0.15, -0.1) is 0 Å². The monoisotopic (exact) mass is 329 g/mol. The molecule has 5 rings (SSSR count). The summed E-state index contributed by atoms with van der Waals surface area (Å²) in [5, 5.41) is 6.56. The van der Waals surface area contributed by atoms with Crippen molar-refractivity contribution >= 4 is 11.7 Å². The van der Waals surface area contributed by atoms with Gasteiger partial charge in [-0.25, -0.2) is 4.98 Å². The summed E-state index contributed by atoms with van der Waals surface area (Å²) in [5.74, 6) is 3.32. The van der Waals surface area contributed by atoms with Gasteiger partial charge in [-0.2, -0.15) is 0 Å². The van der Waals surface area contributed by atoms with E-state index in [1.165, 1.54) is 38.5 Å². The molecule has 4 aliphatic carbocycles. The SMILES string of the molecule is COCCNc1ccc(C(=O)NC23CC4CC(CC(C4)C2)C3)cn1. The normalized spacial score (nSPS) is 33.5. The molecule has 0 radical (unpaired) electrons. The zero-order chi connectivity index (χ0) is 16.6. The van der Waals surface area contributed by atoms with Crippen LogP contribution in [0.15, 0.2) is 18.3 Å². The Kier molecular flexibility index (Phi) is 4.21. The number of rotatable bonds is 6. The molecule has 1 aromatic heterocycles. The van der Waals surface area contributed by atoms with Gasteiger partial charge in [-0.3, -0.25) is 4.79 Å². The van der Waals surface area contributed by atoms with Gasteiger partial charge in [-0.1, -0.05) is 0 Å². The molecular weight excluding hydrogens is 302 g/mol. The van der Waals surface area contributed by atoms with Crippen molar-refractivity contribution in [1.82, 2.24) is 10.3 Å². The van der Waals surface area contributed by atoms with E-state index in [2.05, 4.69) is 15.6 Å². The first kappa shape index (κ1) is 15.9. The first-order valence-electron chi connectivity index (χ1n) is 9.17. The third-order valence-corrected chi connectivity index (χ3v) is 6.05. The predicted molar refractivity (Wildman–Crippen MR) is 93.0 cm³/mol. The molecule has 1 amide bonds. The first-order valence-corrected chi connectivity index (χ1v) is 9.17. The minimum absolute atomic E-state index is 0.0351. The maximum Gasteiger partial charge on any atom is 0.253 e. The Balaban J connectivity index is 1.39. The fourth-order valence-corrected chi connectivity index (χ4v) is 5.49. The van der Waals surface area contributed by atoms with E-state index in [-0.39, 0.29) is 11.4 Å². The molecular formula is C19H27N3O2.